The number of halogens is 2. The fourth-order valence-electron chi connectivity index (χ4n) is 1.85. The summed E-state index contributed by atoms with van der Waals surface area (Å²) in [6.07, 6.45) is 1.86. The molecule has 4 heteroatoms. The van der Waals surface area contributed by atoms with E-state index in [0.29, 0.717) is 0 Å². The van der Waals surface area contributed by atoms with Gasteiger partial charge in [0.25, 0.3) is 0 Å². The third-order valence-electron chi connectivity index (χ3n) is 2.71. The molecule has 0 nitrogen and oxygen atoms in total. The Hall–Kier alpha value is -0.0565. The van der Waals surface area contributed by atoms with E-state index < -0.39 is 0 Å². The quantitative estimate of drug-likeness (QED) is 0.426. The Kier molecular flexibility index (Phi) is 8.04. The maximum absolute atomic E-state index is 5.87. The van der Waals surface area contributed by atoms with E-state index in [4.69, 9.17) is 23.2 Å². The Balaban J connectivity index is 0.00000180. The normalized spacial score (nSPS) is 10.5. The molecule has 104 valence electrons. The zero-order valence-electron chi connectivity index (χ0n) is 10.3. The second kappa shape index (κ2) is 8.99. The molecule has 0 spiro atoms. The van der Waals surface area contributed by atoms with Crippen LogP contribution in [0.15, 0.2) is 60.7 Å². The van der Waals surface area contributed by atoms with Crippen LogP contribution >= 0.6 is 31.1 Å². The molecule has 0 N–H and O–H groups in total. The van der Waals surface area contributed by atoms with Crippen LogP contribution in [-0.4, -0.2) is 11.0 Å². The first-order chi connectivity index (χ1) is 8.77. The molecule has 0 radical (unpaired) electrons. The average Bonchev–Trinajstić information content (AvgIpc) is 2.41. The Labute approximate surface area is 136 Å². The molecule has 0 bridgehead atoms. The molecular formula is C15H15Cl2NiP. The maximum Gasteiger partial charge on any atom is 0.108 e. The predicted molar refractivity (Wildman–Crippen MR) is 84.1 cm³/mol. The van der Waals surface area contributed by atoms with Gasteiger partial charge in [-0.2, -0.15) is 0 Å². The summed E-state index contributed by atoms with van der Waals surface area (Å²) in [6, 6.07) is 21.2. The van der Waals surface area contributed by atoms with E-state index in [-0.39, 0.29) is 29.2 Å². The molecule has 19 heavy (non-hydrogen) atoms. The first-order valence-electron chi connectivity index (χ1n) is 5.93. The summed E-state index contributed by atoms with van der Waals surface area (Å²) in [5.74, 6) is 0. The fourth-order valence-corrected chi connectivity index (χ4v) is 4.77. The summed E-state index contributed by atoms with van der Waals surface area (Å²) in [5.41, 5.74) is 0. The minimum atomic E-state index is -0.352. The van der Waals surface area contributed by atoms with Crippen LogP contribution in [-0.2, 0) is 16.5 Å². The second-order valence-corrected chi connectivity index (χ2v) is 7.62. The molecule has 2 rings (SSSR count). The Morgan fingerprint density at radius 3 is 1.58 bits per heavy atom. The van der Waals surface area contributed by atoms with Crippen molar-refractivity contribution in [2.75, 3.05) is 6.16 Å². The van der Waals surface area contributed by atoms with Crippen LogP contribution in [0.4, 0.5) is 0 Å². The van der Waals surface area contributed by atoms with E-state index in [1.54, 1.807) is 0 Å². The van der Waals surface area contributed by atoms with Crippen molar-refractivity contribution in [2.45, 2.75) is 11.3 Å². The summed E-state index contributed by atoms with van der Waals surface area (Å²) in [7, 11) is -0.352. The molecular weight excluding hydrogens is 341 g/mol. The van der Waals surface area contributed by atoms with Crippen LogP contribution < -0.4 is 10.6 Å². The third-order valence-corrected chi connectivity index (χ3v) is 5.69. The van der Waals surface area contributed by atoms with Gasteiger partial charge in [-0.15, -0.1) is 23.2 Å². The Morgan fingerprint density at radius 1 is 0.789 bits per heavy atom. The summed E-state index contributed by atoms with van der Waals surface area (Å²) < 4.78 is 0. The van der Waals surface area contributed by atoms with Gasteiger partial charge in [-0.1, -0.05) is 60.7 Å². The van der Waals surface area contributed by atoms with E-state index in [2.05, 4.69) is 48.5 Å². The van der Waals surface area contributed by atoms with Gasteiger partial charge >= 0.3 is 0 Å². The number of alkyl halides is 2. The Morgan fingerprint density at radius 2 is 1.21 bits per heavy atom. The average molecular weight is 356 g/mol. The van der Waals surface area contributed by atoms with Crippen molar-refractivity contribution in [1.29, 1.82) is 0 Å². The Bertz CT molecular complexity index is 423. The standard InChI is InChI=1S/C15H15Cl2P.Ni/c16-15(17)11-12-18(13-7-3-1-4-8-13)14-9-5-2-6-10-14;/h1-10,15H,11-12H2;. The van der Waals surface area contributed by atoms with Crippen molar-refractivity contribution >= 4 is 41.7 Å². The topological polar surface area (TPSA) is 0 Å². The summed E-state index contributed by atoms with van der Waals surface area (Å²) in [4.78, 5) is -0.276. The van der Waals surface area contributed by atoms with Gasteiger partial charge < -0.3 is 0 Å². The van der Waals surface area contributed by atoms with Crippen LogP contribution in [0.1, 0.15) is 6.42 Å². The minimum absolute atomic E-state index is 0. The summed E-state index contributed by atoms with van der Waals surface area (Å²) >= 11 is 11.7. The van der Waals surface area contributed by atoms with Gasteiger partial charge in [-0.3, -0.25) is 0 Å². The zero-order chi connectivity index (χ0) is 12.8. The van der Waals surface area contributed by atoms with Crippen LogP contribution in [0.25, 0.3) is 0 Å². The van der Waals surface area contributed by atoms with Crippen LogP contribution in [0, 0.1) is 0 Å². The second-order valence-electron chi connectivity index (χ2n) is 4.00. The zero-order valence-corrected chi connectivity index (χ0v) is 13.7. The first kappa shape index (κ1) is 17.0. The molecule has 0 heterocycles. The van der Waals surface area contributed by atoms with Crippen LogP contribution in [0.3, 0.4) is 0 Å². The van der Waals surface area contributed by atoms with Gasteiger partial charge in [0.2, 0.25) is 0 Å². The molecule has 0 aromatic heterocycles. The van der Waals surface area contributed by atoms with E-state index in [1.807, 2.05) is 12.1 Å². The van der Waals surface area contributed by atoms with Crippen molar-refractivity contribution in [1.82, 2.24) is 0 Å². The van der Waals surface area contributed by atoms with Gasteiger partial charge in [0, 0.05) is 16.5 Å². The van der Waals surface area contributed by atoms with E-state index in [9.17, 15) is 0 Å². The molecule has 0 aliphatic carbocycles. The van der Waals surface area contributed by atoms with Gasteiger partial charge in [0.15, 0.2) is 0 Å². The van der Waals surface area contributed by atoms with Crippen molar-refractivity contribution in [2.24, 2.45) is 0 Å². The van der Waals surface area contributed by atoms with Gasteiger partial charge in [-0.05, 0) is 31.1 Å². The molecule has 0 unspecified atom stereocenters. The molecule has 0 saturated heterocycles. The predicted octanol–water partition coefficient (Wildman–Crippen LogP) is 4.31. The summed E-state index contributed by atoms with van der Waals surface area (Å²) in [5, 5.41) is 2.76. The molecule has 0 saturated carbocycles. The monoisotopic (exact) mass is 354 g/mol. The van der Waals surface area contributed by atoms with Gasteiger partial charge in [0.05, 0.1) is 0 Å². The minimum Gasteiger partial charge on any atom is -0.105 e. The molecule has 2 aromatic rings. The third kappa shape index (κ3) is 5.44. The first-order valence-corrected chi connectivity index (χ1v) is 8.33. The van der Waals surface area contributed by atoms with E-state index in [1.165, 1.54) is 10.6 Å². The van der Waals surface area contributed by atoms with Gasteiger partial charge in [0.1, 0.15) is 4.84 Å². The van der Waals surface area contributed by atoms with E-state index >= 15 is 0 Å². The molecule has 0 atom stereocenters. The van der Waals surface area contributed by atoms with Crippen molar-refractivity contribution in [3.05, 3.63) is 60.7 Å². The number of benzene rings is 2. The molecule has 0 aliphatic heterocycles. The summed E-state index contributed by atoms with van der Waals surface area (Å²) in [6.45, 7) is 0. The van der Waals surface area contributed by atoms with Crippen molar-refractivity contribution in [3.63, 3.8) is 0 Å². The SMILES string of the molecule is ClC(Cl)CCP(c1ccccc1)c1ccccc1.[Ni]. The van der Waals surface area contributed by atoms with Crippen LogP contribution in [0.2, 0.25) is 0 Å². The van der Waals surface area contributed by atoms with E-state index in [0.717, 1.165) is 12.6 Å². The smallest absolute Gasteiger partial charge is 0.105 e. The molecule has 0 aliphatic rings. The van der Waals surface area contributed by atoms with Gasteiger partial charge in [-0.25, -0.2) is 0 Å². The molecule has 2 aromatic carbocycles. The number of hydrogen-bond acceptors (Lipinski definition) is 0. The number of hydrogen-bond donors (Lipinski definition) is 0. The maximum atomic E-state index is 5.87. The molecule has 0 amide bonds. The van der Waals surface area contributed by atoms with Crippen LogP contribution in [0.5, 0.6) is 0 Å². The largest absolute Gasteiger partial charge is 0.108 e. The van der Waals surface area contributed by atoms with Crippen molar-refractivity contribution in [3.8, 4) is 0 Å². The molecule has 0 fully saturated rings. The fraction of sp³-hybridized carbons (Fsp3) is 0.200. The number of rotatable bonds is 5. The van der Waals surface area contributed by atoms with Crippen molar-refractivity contribution < 1.29 is 16.5 Å².